The first-order valence-corrected chi connectivity index (χ1v) is 16.4. The number of fused-ring (bicyclic) bond motifs is 1. The monoisotopic (exact) mass is 619 g/mol. The number of carbonyl (C=O) groups is 1. The van der Waals surface area contributed by atoms with Gasteiger partial charge in [-0.05, 0) is 49.9 Å². The Morgan fingerprint density at radius 2 is 1.88 bits per heavy atom. The van der Waals surface area contributed by atoms with E-state index in [1.54, 1.807) is 24.5 Å². The molecule has 1 aliphatic rings. The van der Waals surface area contributed by atoms with Crippen LogP contribution in [-0.4, -0.2) is 90.7 Å². The number of benzene rings is 1. The van der Waals surface area contributed by atoms with Crippen molar-refractivity contribution in [3.05, 3.63) is 40.3 Å². The Balaban J connectivity index is 1.63. The fourth-order valence-electron chi connectivity index (χ4n) is 5.07. The summed E-state index contributed by atoms with van der Waals surface area (Å²) in [5.74, 6) is 0.153. The molecule has 0 spiro atoms. The zero-order valence-corrected chi connectivity index (χ0v) is 26.2. The highest BCUT2D eigenvalue weighted by atomic mass is 32.2. The number of alkyl halides is 1. The van der Waals surface area contributed by atoms with Gasteiger partial charge in [-0.2, -0.15) is 4.31 Å². The Morgan fingerprint density at radius 3 is 2.53 bits per heavy atom. The van der Waals surface area contributed by atoms with Crippen molar-refractivity contribution >= 4 is 27.0 Å². The summed E-state index contributed by atoms with van der Waals surface area (Å²) in [5, 5.41) is 0. The van der Waals surface area contributed by atoms with Crippen LogP contribution in [0.25, 0.3) is 22.4 Å². The lowest BCUT2D eigenvalue weighted by Gasteiger charge is -2.33. The van der Waals surface area contributed by atoms with E-state index >= 15 is 0 Å². The van der Waals surface area contributed by atoms with Crippen molar-refractivity contribution in [1.82, 2.24) is 23.7 Å². The van der Waals surface area contributed by atoms with E-state index < -0.39 is 16.7 Å². The molecule has 43 heavy (non-hydrogen) atoms. The molecule has 236 valence electrons. The number of aromatic nitrogens is 3. The van der Waals surface area contributed by atoms with Gasteiger partial charge in [-0.1, -0.05) is 20.8 Å². The predicted molar refractivity (Wildman–Crippen MR) is 163 cm³/mol. The number of H-pyrrole nitrogens is 1. The molecule has 1 aromatic carbocycles. The maximum atomic E-state index is 13.7. The second kappa shape index (κ2) is 14.5. The number of nitrogens with zero attached hydrogens (tertiary/aromatic N) is 4. The lowest BCUT2D eigenvalue weighted by molar-refractivity contribution is -0.147. The number of halogens is 1. The second-order valence-electron chi connectivity index (χ2n) is 10.9. The molecule has 0 amide bonds. The van der Waals surface area contributed by atoms with E-state index in [4.69, 9.17) is 14.5 Å². The molecule has 13 heteroatoms. The number of piperazine rings is 1. The van der Waals surface area contributed by atoms with Crippen LogP contribution in [0, 0.1) is 5.92 Å². The van der Waals surface area contributed by atoms with Gasteiger partial charge in [-0.3, -0.25) is 18.9 Å². The van der Waals surface area contributed by atoms with Crippen LogP contribution < -0.4 is 10.3 Å². The van der Waals surface area contributed by atoms with Crippen molar-refractivity contribution in [2.75, 3.05) is 52.6 Å². The highest BCUT2D eigenvalue weighted by Crippen LogP contribution is 2.33. The Morgan fingerprint density at radius 1 is 1.14 bits per heavy atom. The molecule has 1 fully saturated rings. The van der Waals surface area contributed by atoms with Gasteiger partial charge in [-0.15, -0.1) is 0 Å². The third-order valence-electron chi connectivity index (χ3n) is 7.48. The molecule has 2 aromatic heterocycles. The first kappa shape index (κ1) is 32.6. The summed E-state index contributed by atoms with van der Waals surface area (Å²) in [4.78, 5) is 34.7. The van der Waals surface area contributed by atoms with Gasteiger partial charge in [0, 0.05) is 45.5 Å². The zero-order valence-electron chi connectivity index (χ0n) is 25.4. The molecule has 1 saturated heterocycles. The van der Waals surface area contributed by atoms with Gasteiger partial charge in [0.15, 0.2) is 0 Å². The van der Waals surface area contributed by atoms with Crippen molar-refractivity contribution in [3.63, 3.8) is 0 Å². The average Bonchev–Trinajstić information content (AvgIpc) is 3.37. The summed E-state index contributed by atoms with van der Waals surface area (Å²) in [5.41, 5.74) is 1.63. The molecular formula is C30H42FN5O6S. The predicted octanol–water partition coefficient (Wildman–Crippen LogP) is 3.61. The van der Waals surface area contributed by atoms with Gasteiger partial charge < -0.3 is 19.0 Å². The van der Waals surface area contributed by atoms with E-state index in [1.807, 2.05) is 20.0 Å². The fourth-order valence-corrected chi connectivity index (χ4v) is 6.51. The van der Waals surface area contributed by atoms with E-state index in [0.717, 1.165) is 12.0 Å². The van der Waals surface area contributed by atoms with Crippen LogP contribution in [0.3, 0.4) is 0 Å². The Labute approximate surface area is 252 Å². The molecule has 3 aromatic rings. The maximum absolute atomic E-state index is 13.7. The normalized spacial score (nSPS) is 14.9. The standard InChI is InChI=1S/C30H42FN5O6S/c1-5-17-41-25-10-9-23(43(39,40)36-14-12-34(13-15-36)16-18-42-30(38)21(3)4)19-24(25)28-32-26-22(8-7-11-31)20-35(6-2)27(26)29(37)33-28/h9-10,19-21H,5-8,11-18H2,1-4H3,(H,32,33,37). The minimum absolute atomic E-state index is 0.0668. The van der Waals surface area contributed by atoms with Crippen molar-refractivity contribution in [1.29, 1.82) is 0 Å². The van der Waals surface area contributed by atoms with Gasteiger partial charge in [0.2, 0.25) is 10.0 Å². The molecule has 11 nitrogen and oxygen atoms in total. The summed E-state index contributed by atoms with van der Waals surface area (Å²) >= 11 is 0. The summed E-state index contributed by atoms with van der Waals surface area (Å²) in [6.07, 6.45) is 3.29. The third kappa shape index (κ3) is 7.44. The van der Waals surface area contributed by atoms with Crippen LogP contribution in [0.2, 0.25) is 0 Å². The van der Waals surface area contributed by atoms with Crippen molar-refractivity contribution in [2.24, 2.45) is 5.92 Å². The summed E-state index contributed by atoms with van der Waals surface area (Å²) in [6, 6.07) is 4.61. The highest BCUT2D eigenvalue weighted by Gasteiger charge is 2.30. The molecule has 4 rings (SSSR count). The number of esters is 1. The Kier molecular flexibility index (Phi) is 11.0. The number of hydrogen-bond donors (Lipinski definition) is 1. The second-order valence-corrected chi connectivity index (χ2v) is 12.9. The average molecular weight is 620 g/mol. The molecular weight excluding hydrogens is 577 g/mol. The number of sulfonamides is 1. The summed E-state index contributed by atoms with van der Waals surface area (Å²) in [7, 11) is -3.87. The molecule has 0 unspecified atom stereocenters. The lowest BCUT2D eigenvalue weighted by atomic mass is 10.1. The molecule has 3 heterocycles. The SMILES string of the molecule is CCCOc1ccc(S(=O)(=O)N2CCN(CCOC(=O)C(C)C)CC2)cc1-c1nc2c(CCCF)cn(CC)c2c(=O)[nH]1. The number of ether oxygens (including phenoxy) is 2. The smallest absolute Gasteiger partial charge is 0.308 e. The Bertz CT molecular complexity index is 1580. The third-order valence-corrected chi connectivity index (χ3v) is 9.37. The zero-order chi connectivity index (χ0) is 31.1. The topological polar surface area (TPSA) is 127 Å². The molecule has 0 atom stereocenters. The maximum Gasteiger partial charge on any atom is 0.308 e. The first-order chi connectivity index (χ1) is 20.6. The van der Waals surface area contributed by atoms with Gasteiger partial charge in [0.05, 0.1) is 35.2 Å². The van der Waals surface area contributed by atoms with Crippen molar-refractivity contribution in [3.8, 4) is 17.1 Å². The van der Waals surface area contributed by atoms with Crippen LogP contribution in [-0.2, 0) is 32.5 Å². The largest absolute Gasteiger partial charge is 0.493 e. The Hall–Kier alpha value is -3.29. The molecule has 0 radical (unpaired) electrons. The van der Waals surface area contributed by atoms with Crippen LogP contribution in [0.1, 0.15) is 46.1 Å². The van der Waals surface area contributed by atoms with Crippen LogP contribution >= 0.6 is 0 Å². The minimum Gasteiger partial charge on any atom is -0.493 e. The quantitative estimate of drug-likeness (QED) is 0.271. The number of nitrogens with one attached hydrogen (secondary N) is 1. The van der Waals surface area contributed by atoms with Crippen LogP contribution in [0.5, 0.6) is 5.75 Å². The number of aryl methyl sites for hydroxylation is 2. The van der Waals surface area contributed by atoms with Crippen molar-refractivity contribution < 1.29 is 27.1 Å². The molecule has 1 N–H and O–H groups in total. The van der Waals surface area contributed by atoms with Crippen LogP contribution in [0.4, 0.5) is 4.39 Å². The van der Waals surface area contributed by atoms with Crippen LogP contribution in [0.15, 0.2) is 34.1 Å². The van der Waals surface area contributed by atoms with Gasteiger partial charge in [0.25, 0.3) is 5.56 Å². The molecule has 0 bridgehead atoms. The van der Waals surface area contributed by atoms with E-state index in [2.05, 4.69) is 9.88 Å². The number of hydrogen-bond acceptors (Lipinski definition) is 8. The van der Waals surface area contributed by atoms with E-state index in [1.165, 1.54) is 16.4 Å². The number of aromatic amines is 1. The van der Waals surface area contributed by atoms with E-state index in [9.17, 15) is 22.4 Å². The van der Waals surface area contributed by atoms with E-state index in [-0.39, 0.29) is 47.9 Å². The molecule has 1 aliphatic heterocycles. The molecule has 0 aliphatic carbocycles. The number of carbonyl (C=O) groups excluding carboxylic acids is 1. The first-order valence-electron chi connectivity index (χ1n) is 14.9. The van der Waals surface area contributed by atoms with Gasteiger partial charge in [-0.25, -0.2) is 13.4 Å². The number of rotatable bonds is 14. The van der Waals surface area contributed by atoms with Gasteiger partial charge in [0.1, 0.15) is 23.7 Å². The molecule has 0 saturated carbocycles. The summed E-state index contributed by atoms with van der Waals surface area (Å²) in [6.45, 7) is 10.3. The van der Waals surface area contributed by atoms with Crippen molar-refractivity contribution in [2.45, 2.75) is 58.4 Å². The minimum atomic E-state index is -3.87. The highest BCUT2D eigenvalue weighted by molar-refractivity contribution is 7.89. The fraction of sp³-hybridized carbons (Fsp3) is 0.567. The lowest BCUT2D eigenvalue weighted by Crippen LogP contribution is -2.49. The van der Waals surface area contributed by atoms with Gasteiger partial charge >= 0.3 is 5.97 Å². The van der Waals surface area contributed by atoms with E-state index in [0.29, 0.717) is 68.0 Å². The summed E-state index contributed by atoms with van der Waals surface area (Å²) < 4.78 is 54.9.